The highest BCUT2D eigenvalue weighted by Gasteiger charge is 2.11. The van der Waals surface area contributed by atoms with Crippen molar-refractivity contribution in [2.45, 2.75) is 13.3 Å². The van der Waals surface area contributed by atoms with Gasteiger partial charge in [0.25, 0.3) is 5.91 Å². The van der Waals surface area contributed by atoms with Gasteiger partial charge in [0.15, 0.2) is 0 Å². The number of amides is 2. The Morgan fingerprint density at radius 3 is 2.76 bits per heavy atom. The molecule has 1 aromatic rings. The summed E-state index contributed by atoms with van der Waals surface area (Å²) in [5.74, 6) is 4.23. The molecule has 0 heterocycles. The van der Waals surface area contributed by atoms with Crippen molar-refractivity contribution in [2.75, 3.05) is 19.6 Å². The zero-order valence-corrected chi connectivity index (χ0v) is 11.8. The number of carbonyl (C=O) groups excluding carboxylic acids is 2. The van der Waals surface area contributed by atoms with Gasteiger partial charge < -0.3 is 16.4 Å². The molecule has 0 aliphatic heterocycles. The summed E-state index contributed by atoms with van der Waals surface area (Å²) in [5.41, 5.74) is 5.80. The summed E-state index contributed by atoms with van der Waals surface area (Å²) in [4.78, 5) is 23.3. The first-order chi connectivity index (χ1) is 10.1. The lowest BCUT2D eigenvalue weighted by Crippen LogP contribution is -2.31. The van der Waals surface area contributed by atoms with Gasteiger partial charge in [-0.2, -0.15) is 0 Å². The molecule has 0 unspecified atom stereocenters. The van der Waals surface area contributed by atoms with Crippen LogP contribution in [0.2, 0.25) is 0 Å². The van der Waals surface area contributed by atoms with Crippen LogP contribution in [-0.2, 0) is 4.79 Å². The molecule has 1 aromatic carbocycles. The van der Waals surface area contributed by atoms with Gasteiger partial charge in [-0.15, -0.1) is 0 Å². The zero-order valence-electron chi connectivity index (χ0n) is 11.8. The molecule has 5 nitrogen and oxygen atoms in total. The van der Waals surface area contributed by atoms with E-state index in [9.17, 15) is 14.0 Å². The normalized spacial score (nSPS) is 9.48. The Morgan fingerprint density at radius 1 is 1.33 bits per heavy atom. The van der Waals surface area contributed by atoms with Gasteiger partial charge in [0.05, 0.1) is 12.1 Å². The van der Waals surface area contributed by atoms with E-state index in [4.69, 9.17) is 5.73 Å². The first-order valence-corrected chi connectivity index (χ1v) is 6.61. The molecule has 0 spiro atoms. The number of halogens is 1. The van der Waals surface area contributed by atoms with E-state index in [2.05, 4.69) is 22.5 Å². The Kier molecular flexibility index (Phi) is 6.92. The van der Waals surface area contributed by atoms with Gasteiger partial charge in [-0.3, -0.25) is 9.59 Å². The number of carbonyl (C=O) groups is 2. The molecule has 2 amide bonds. The van der Waals surface area contributed by atoms with Gasteiger partial charge in [0.1, 0.15) is 5.82 Å². The molecule has 0 radical (unpaired) electrons. The summed E-state index contributed by atoms with van der Waals surface area (Å²) in [6, 6.07) is 3.73. The van der Waals surface area contributed by atoms with Crippen molar-refractivity contribution in [3.05, 3.63) is 35.1 Å². The fourth-order valence-corrected chi connectivity index (χ4v) is 1.63. The van der Waals surface area contributed by atoms with E-state index in [1.54, 1.807) is 0 Å². The SMILES string of the molecule is CCNC(=O)CCNC(=O)c1ccc(F)cc1C#CCN. The van der Waals surface area contributed by atoms with Crippen molar-refractivity contribution in [2.24, 2.45) is 5.73 Å². The summed E-state index contributed by atoms with van der Waals surface area (Å²) >= 11 is 0. The zero-order chi connectivity index (χ0) is 15.7. The maximum atomic E-state index is 13.2. The van der Waals surface area contributed by atoms with Gasteiger partial charge in [-0.25, -0.2) is 4.39 Å². The molecule has 112 valence electrons. The van der Waals surface area contributed by atoms with Crippen molar-refractivity contribution >= 4 is 11.8 Å². The second kappa shape index (κ2) is 8.72. The molecule has 1 rings (SSSR count). The van der Waals surface area contributed by atoms with Crippen LogP contribution in [0.1, 0.15) is 29.3 Å². The Balaban J connectivity index is 2.71. The quantitative estimate of drug-likeness (QED) is 0.686. The minimum Gasteiger partial charge on any atom is -0.356 e. The number of hydrogen-bond acceptors (Lipinski definition) is 3. The number of nitrogens with one attached hydrogen (secondary N) is 2. The Hall–Kier alpha value is -2.39. The van der Waals surface area contributed by atoms with E-state index < -0.39 is 11.7 Å². The molecule has 0 saturated heterocycles. The van der Waals surface area contributed by atoms with Gasteiger partial charge >= 0.3 is 0 Å². The fourth-order valence-electron chi connectivity index (χ4n) is 1.63. The lowest BCUT2D eigenvalue weighted by atomic mass is 10.1. The molecule has 0 aliphatic rings. The first-order valence-electron chi connectivity index (χ1n) is 6.61. The number of hydrogen-bond donors (Lipinski definition) is 3. The highest BCUT2D eigenvalue weighted by Crippen LogP contribution is 2.10. The number of nitrogens with two attached hydrogens (primary N) is 1. The summed E-state index contributed by atoms with van der Waals surface area (Å²) in [5, 5.41) is 5.23. The summed E-state index contributed by atoms with van der Waals surface area (Å²) in [6.45, 7) is 2.68. The van der Waals surface area contributed by atoms with Crippen LogP contribution in [0.15, 0.2) is 18.2 Å². The van der Waals surface area contributed by atoms with Crippen molar-refractivity contribution in [1.82, 2.24) is 10.6 Å². The summed E-state index contributed by atoms with van der Waals surface area (Å²) < 4.78 is 13.2. The van der Waals surface area contributed by atoms with Crippen LogP contribution >= 0.6 is 0 Å². The topological polar surface area (TPSA) is 84.2 Å². The number of benzene rings is 1. The second-order valence-corrected chi connectivity index (χ2v) is 4.16. The highest BCUT2D eigenvalue weighted by atomic mass is 19.1. The third-order valence-corrected chi connectivity index (χ3v) is 2.56. The molecule has 0 fully saturated rings. The van der Waals surface area contributed by atoms with Crippen LogP contribution < -0.4 is 16.4 Å². The lowest BCUT2D eigenvalue weighted by molar-refractivity contribution is -0.120. The second-order valence-electron chi connectivity index (χ2n) is 4.16. The molecule has 4 N–H and O–H groups in total. The Morgan fingerprint density at radius 2 is 2.10 bits per heavy atom. The third kappa shape index (κ3) is 5.63. The van der Waals surface area contributed by atoms with Gasteiger partial charge in [-0.05, 0) is 25.1 Å². The standard InChI is InChI=1S/C15H18FN3O2/c1-2-18-14(20)7-9-19-15(21)13-6-5-12(16)10-11(13)4-3-8-17/h5-6,10H,2,7-9,17H2,1H3,(H,18,20)(H,19,21). The first kappa shape index (κ1) is 16.7. The van der Waals surface area contributed by atoms with Crippen LogP contribution in [0.5, 0.6) is 0 Å². The van der Waals surface area contributed by atoms with Crippen molar-refractivity contribution < 1.29 is 14.0 Å². The molecule has 0 atom stereocenters. The maximum absolute atomic E-state index is 13.2. The lowest BCUT2D eigenvalue weighted by Gasteiger charge is -2.07. The van der Waals surface area contributed by atoms with E-state index in [0.29, 0.717) is 6.54 Å². The number of rotatable bonds is 5. The van der Waals surface area contributed by atoms with Gasteiger partial charge in [0, 0.05) is 25.1 Å². The van der Waals surface area contributed by atoms with Crippen molar-refractivity contribution in [3.8, 4) is 11.8 Å². The van der Waals surface area contributed by atoms with Crippen LogP contribution in [-0.4, -0.2) is 31.4 Å². The van der Waals surface area contributed by atoms with Crippen LogP contribution in [0.4, 0.5) is 4.39 Å². The molecule has 0 aromatic heterocycles. The largest absolute Gasteiger partial charge is 0.356 e. The highest BCUT2D eigenvalue weighted by molar-refractivity contribution is 5.96. The smallest absolute Gasteiger partial charge is 0.252 e. The molecular weight excluding hydrogens is 273 g/mol. The Labute approximate surface area is 123 Å². The van der Waals surface area contributed by atoms with Crippen molar-refractivity contribution in [1.29, 1.82) is 0 Å². The van der Waals surface area contributed by atoms with Gasteiger partial charge in [0.2, 0.25) is 5.91 Å². The fraction of sp³-hybridized carbons (Fsp3) is 0.333. The molecular formula is C15H18FN3O2. The van der Waals surface area contributed by atoms with E-state index in [1.165, 1.54) is 18.2 Å². The maximum Gasteiger partial charge on any atom is 0.252 e. The molecule has 0 saturated carbocycles. The monoisotopic (exact) mass is 291 g/mol. The average Bonchev–Trinajstić information content (AvgIpc) is 2.45. The van der Waals surface area contributed by atoms with Gasteiger partial charge in [-0.1, -0.05) is 11.8 Å². The van der Waals surface area contributed by atoms with Crippen LogP contribution in [0, 0.1) is 17.7 Å². The minimum absolute atomic E-state index is 0.120. The summed E-state index contributed by atoms with van der Waals surface area (Å²) in [6.07, 6.45) is 0.185. The Bertz CT molecular complexity index is 576. The predicted molar refractivity (Wildman–Crippen MR) is 78.0 cm³/mol. The molecule has 6 heteroatoms. The summed E-state index contributed by atoms with van der Waals surface area (Å²) in [7, 11) is 0. The minimum atomic E-state index is -0.477. The van der Waals surface area contributed by atoms with E-state index in [1.807, 2.05) is 6.92 Å². The average molecular weight is 291 g/mol. The molecule has 0 bridgehead atoms. The van der Waals surface area contributed by atoms with Crippen LogP contribution in [0.25, 0.3) is 0 Å². The van der Waals surface area contributed by atoms with Crippen LogP contribution in [0.3, 0.4) is 0 Å². The predicted octanol–water partition coefficient (Wildman–Crippen LogP) is 0.392. The van der Waals surface area contributed by atoms with E-state index in [0.717, 1.165) is 0 Å². The van der Waals surface area contributed by atoms with E-state index in [-0.39, 0.29) is 36.5 Å². The van der Waals surface area contributed by atoms with Crippen molar-refractivity contribution in [3.63, 3.8) is 0 Å². The van der Waals surface area contributed by atoms with E-state index >= 15 is 0 Å². The molecule has 0 aliphatic carbocycles. The third-order valence-electron chi connectivity index (χ3n) is 2.56. The molecule has 21 heavy (non-hydrogen) atoms.